The maximum atomic E-state index is 10.2. The molecule has 0 saturated heterocycles. The van der Waals surface area contributed by atoms with Gasteiger partial charge in [0.05, 0.1) is 0 Å². The average molecular weight is 397 g/mol. The van der Waals surface area contributed by atoms with Crippen molar-refractivity contribution < 1.29 is 54.5 Å². The number of carboxylic acid groups (broad SMARTS) is 2. The third-order valence-electron chi connectivity index (χ3n) is 4.34. The Balaban J connectivity index is -0.000000709. The van der Waals surface area contributed by atoms with Gasteiger partial charge in [0.25, 0.3) is 0 Å². The molecule has 0 aliphatic heterocycles. The number of rotatable bonds is 17. The molecule has 0 aliphatic carbocycles. The van der Waals surface area contributed by atoms with Crippen molar-refractivity contribution in [3.05, 3.63) is 0 Å². The van der Waals surface area contributed by atoms with Gasteiger partial charge >= 0.3 is 35.5 Å². The quantitative estimate of drug-likeness (QED) is 0.286. The predicted molar refractivity (Wildman–Crippen MR) is 104 cm³/mol. The SMILES string of the molecule is CC(O)C(=O)O.CCCCCCCCCCCCCCCCCC(=O)[O-].[Na+]. The van der Waals surface area contributed by atoms with Gasteiger partial charge in [0.15, 0.2) is 0 Å². The number of carbonyl (C=O) groups excluding carboxylic acids is 1. The topological polar surface area (TPSA) is 97.7 Å². The largest absolute Gasteiger partial charge is 1.00 e. The molecule has 0 rings (SSSR count). The summed E-state index contributed by atoms with van der Waals surface area (Å²) in [5.41, 5.74) is 0. The molecule has 0 saturated carbocycles. The van der Waals surface area contributed by atoms with Crippen LogP contribution in [0.4, 0.5) is 0 Å². The van der Waals surface area contributed by atoms with Crippen molar-refractivity contribution in [3.8, 4) is 0 Å². The van der Waals surface area contributed by atoms with Gasteiger partial charge in [-0.1, -0.05) is 96.8 Å². The van der Waals surface area contributed by atoms with Crippen LogP contribution < -0.4 is 34.7 Å². The Bertz CT molecular complexity index is 322. The summed E-state index contributed by atoms with van der Waals surface area (Å²) in [7, 11) is 0. The van der Waals surface area contributed by atoms with Gasteiger partial charge in [-0.2, -0.15) is 0 Å². The second-order valence-electron chi connectivity index (χ2n) is 7.09. The summed E-state index contributed by atoms with van der Waals surface area (Å²) in [6.45, 7) is 3.46. The van der Waals surface area contributed by atoms with E-state index in [1.165, 1.54) is 90.4 Å². The number of unbranched alkanes of at least 4 members (excludes halogenated alkanes) is 14. The van der Waals surface area contributed by atoms with Crippen molar-refractivity contribution in [2.45, 2.75) is 123 Å². The molecule has 5 nitrogen and oxygen atoms in total. The average Bonchev–Trinajstić information content (AvgIpc) is 2.58. The van der Waals surface area contributed by atoms with E-state index in [-0.39, 0.29) is 36.0 Å². The zero-order valence-corrected chi connectivity index (χ0v) is 20.0. The molecule has 0 aromatic carbocycles. The van der Waals surface area contributed by atoms with Crippen LogP contribution in [0.5, 0.6) is 0 Å². The van der Waals surface area contributed by atoms with Gasteiger partial charge in [-0.25, -0.2) is 4.79 Å². The van der Waals surface area contributed by atoms with Gasteiger partial charge in [0, 0.05) is 5.97 Å². The number of aliphatic hydroxyl groups excluding tert-OH is 1. The van der Waals surface area contributed by atoms with Crippen molar-refractivity contribution in [1.82, 2.24) is 0 Å². The van der Waals surface area contributed by atoms with Crippen LogP contribution in [0, 0.1) is 0 Å². The molecule has 2 N–H and O–H groups in total. The first kappa shape index (κ1) is 31.6. The molecule has 1 atom stereocenters. The zero-order valence-electron chi connectivity index (χ0n) is 18.0. The van der Waals surface area contributed by atoms with E-state index in [1.54, 1.807) is 0 Å². The van der Waals surface area contributed by atoms with Crippen LogP contribution in [0.25, 0.3) is 0 Å². The number of carbonyl (C=O) groups is 2. The van der Waals surface area contributed by atoms with Crippen LogP contribution in [0.2, 0.25) is 0 Å². The molecule has 27 heavy (non-hydrogen) atoms. The smallest absolute Gasteiger partial charge is 0.550 e. The Morgan fingerprint density at radius 3 is 1.22 bits per heavy atom. The standard InChI is InChI=1S/C18H36O2.C3H6O3.Na/c1-2-3-4-5-6-7-8-9-10-11-12-13-14-15-16-17-18(19)20;1-2(4)3(5)6;/h2-17H2,1H3,(H,19,20);2,4H,1H3,(H,5,6);/q;;+1/p-1. The van der Waals surface area contributed by atoms with Crippen molar-refractivity contribution in [1.29, 1.82) is 0 Å². The summed E-state index contributed by atoms with van der Waals surface area (Å²) in [6, 6.07) is 0. The third kappa shape index (κ3) is 33.9. The van der Waals surface area contributed by atoms with Crippen molar-refractivity contribution in [2.24, 2.45) is 0 Å². The van der Waals surface area contributed by atoms with E-state index < -0.39 is 18.0 Å². The summed E-state index contributed by atoms with van der Waals surface area (Å²) in [4.78, 5) is 19.7. The summed E-state index contributed by atoms with van der Waals surface area (Å²) in [5.74, 6) is -2.09. The number of aliphatic carboxylic acids is 2. The van der Waals surface area contributed by atoms with Crippen molar-refractivity contribution in [3.63, 3.8) is 0 Å². The van der Waals surface area contributed by atoms with E-state index in [2.05, 4.69) is 6.92 Å². The Kier molecular flexibility index (Phi) is 30.3. The molecule has 0 aliphatic rings. The molecule has 6 heteroatoms. The number of hydrogen-bond donors (Lipinski definition) is 2. The fourth-order valence-corrected chi connectivity index (χ4v) is 2.64. The first-order chi connectivity index (χ1) is 12.4. The van der Waals surface area contributed by atoms with Gasteiger partial charge in [0.1, 0.15) is 6.10 Å². The maximum absolute atomic E-state index is 10.2. The number of hydrogen-bond acceptors (Lipinski definition) is 4. The fourth-order valence-electron chi connectivity index (χ4n) is 2.64. The minimum atomic E-state index is -1.23. The molecule has 0 spiro atoms. The molecule has 156 valence electrons. The summed E-state index contributed by atoms with van der Waals surface area (Å²) in [5, 5.41) is 26.0. The van der Waals surface area contributed by atoms with Crippen LogP contribution in [-0.2, 0) is 9.59 Å². The first-order valence-electron chi connectivity index (χ1n) is 10.5. The molecule has 0 aromatic heterocycles. The minimum Gasteiger partial charge on any atom is -0.550 e. The van der Waals surface area contributed by atoms with Crippen LogP contribution >= 0.6 is 0 Å². The molecule has 0 radical (unpaired) electrons. The number of aliphatic hydroxyl groups is 1. The van der Waals surface area contributed by atoms with Gasteiger partial charge in [-0.05, 0) is 19.8 Å². The Morgan fingerprint density at radius 2 is 1.00 bits per heavy atom. The Hall–Kier alpha value is -0.100. The van der Waals surface area contributed by atoms with Crippen LogP contribution in [0.3, 0.4) is 0 Å². The molecule has 0 heterocycles. The van der Waals surface area contributed by atoms with Crippen LogP contribution in [0.1, 0.15) is 117 Å². The second-order valence-corrected chi connectivity index (χ2v) is 7.09. The van der Waals surface area contributed by atoms with E-state index >= 15 is 0 Å². The Labute approximate surface area is 188 Å². The predicted octanol–water partition coefficient (Wildman–Crippen LogP) is 1.45. The van der Waals surface area contributed by atoms with Gasteiger partial charge in [-0.15, -0.1) is 0 Å². The fraction of sp³-hybridized carbons (Fsp3) is 0.905. The van der Waals surface area contributed by atoms with Crippen LogP contribution in [-0.4, -0.2) is 28.3 Å². The number of carboxylic acids is 2. The van der Waals surface area contributed by atoms with Gasteiger partial charge < -0.3 is 20.1 Å². The Morgan fingerprint density at radius 1 is 0.741 bits per heavy atom. The third-order valence-corrected chi connectivity index (χ3v) is 4.34. The van der Waals surface area contributed by atoms with E-state index in [0.29, 0.717) is 0 Å². The summed E-state index contributed by atoms with van der Waals surface area (Å²) < 4.78 is 0. The molecule has 0 fully saturated rings. The molecule has 0 bridgehead atoms. The van der Waals surface area contributed by atoms with Crippen LogP contribution in [0.15, 0.2) is 0 Å². The zero-order chi connectivity index (χ0) is 20.0. The molecular weight excluding hydrogens is 355 g/mol. The maximum Gasteiger partial charge on any atom is 1.00 e. The normalized spacial score (nSPS) is 11.1. The second kappa shape index (κ2) is 25.9. The monoisotopic (exact) mass is 396 g/mol. The molecular formula is C21H41NaO5. The van der Waals surface area contributed by atoms with Crippen molar-refractivity contribution in [2.75, 3.05) is 0 Å². The van der Waals surface area contributed by atoms with E-state index in [9.17, 15) is 14.7 Å². The van der Waals surface area contributed by atoms with E-state index in [1.807, 2.05) is 0 Å². The molecule has 0 aromatic rings. The van der Waals surface area contributed by atoms with E-state index in [0.717, 1.165) is 12.8 Å². The summed E-state index contributed by atoms with van der Waals surface area (Å²) in [6.07, 6.45) is 18.6. The van der Waals surface area contributed by atoms with Gasteiger partial charge in [0.2, 0.25) is 0 Å². The minimum absolute atomic E-state index is 0. The van der Waals surface area contributed by atoms with Gasteiger partial charge in [-0.3, -0.25) is 0 Å². The molecule has 1 unspecified atom stereocenters. The van der Waals surface area contributed by atoms with E-state index in [4.69, 9.17) is 10.2 Å². The first-order valence-corrected chi connectivity index (χ1v) is 10.5. The summed E-state index contributed by atoms with van der Waals surface area (Å²) >= 11 is 0. The molecule has 0 amide bonds. The van der Waals surface area contributed by atoms with Crippen molar-refractivity contribution >= 4 is 11.9 Å².